The van der Waals surface area contributed by atoms with Crippen molar-refractivity contribution in [2.24, 2.45) is 0 Å². The molecule has 0 radical (unpaired) electrons. The van der Waals surface area contributed by atoms with Crippen molar-refractivity contribution in [3.63, 3.8) is 0 Å². The highest BCUT2D eigenvalue weighted by atomic mass is 16.3. The number of nitrogens with zero attached hydrogens (tertiary/aromatic N) is 3. The summed E-state index contributed by atoms with van der Waals surface area (Å²) in [5, 5.41) is 14.1. The van der Waals surface area contributed by atoms with Crippen molar-refractivity contribution in [2.75, 3.05) is 12.4 Å². The Hall–Kier alpha value is -3.47. The third-order valence-corrected chi connectivity index (χ3v) is 4.07. The maximum atomic E-state index is 10.1. The highest BCUT2D eigenvalue weighted by molar-refractivity contribution is 5.94. The maximum Gasteiger partial charge on any atom is 0.163 e. The fraction of sp³-hybridized carbons (Fsp3) is 0.0500. The SMILES string of the molecule is CNc1nc(-c2cccnc2)nc2ccc(-c3ccccc3O)cc12. The molecule has 2 aromatic heterocycles. The molecule has 2 N–H and O–H groups in total. The first-order valence-corrected chi connectivity index (χ1v) is 7.94. The lowest BCUT2D eigenvalue weighted by Crippen LogP contribution is -1.99. The van der Waals surface area contributed by atoms with E-state index in [4.69, 9.17) is 0 Å². The van der Waals surface area contributed by atoms with Gasteiger partial charge in [-0.25, -0.2) is 9.97 Å². The molecule has 5 nitrogen and oxygen atoms in total. The third kappa shape index (κ3) is 2.76. The summed E-state index contributed by atoms with van der Waals surface area (Å²) >= 11 is 0. The molecule has 0 saturated carbocycles. The van der Waals surface area contributed by atoms with Gasteiger partial charge in [0.2, 0.25) is 0 Å². The Morgan fingerprint density at radius 2 is 1.80 bits per heavy atom. The van der Waals surface area contributed by atoms with Crippen LogP contribution in [0.4, 0.5) is 5.82 Å². The van der Waals surface area contributed by atoms with E-state index in [1.165, 1.54) is 0 Å². The predicted molar refractivity (Wildman–Crippen MR) is 99.4 cm³/mol. The number of phenolic OH excluding ortho intramolecular Hbond substituents is 1. The van der Waals surface area contributed by atoms with Gasteiger partial charge in [0, 0.05) is 36.0 Å². The van der Waals surface area contributed by atoms with E-state index in [-0.39, 0.29) is 5.75 Å². The molecule has 2 aromatic carbocycles. The Morgan fingerprint density at radius 3 is 2.56 bits per heavy atom. The summed E-state index contributed by atoms with van der Waals surface area (Å²) in [6, 6.07) is 17.0. The average molecular weight is 328 g/mol. The lowest BCUT2D eigenvalue weighted by molar-refractivity contribution is 0.477. The van der Waals surface area contributed by atoms with Gasteiger partial charge in [0.15, 0.2) is 5.82 Å². The van der Waals surface area contributed by atoms with Crippen LogP contribution in [-0.4, -0.2) is 27.1 Å². The van der Waals surface area contributed by atoms with Crippen molar-refractivity contribution in [3.05, 3.63) is 67.0 Å². The number of aromatic nitrogens is 3. The van der Waals surface area contributed by atoms with Crippen molar-refractivity contribution in [3.8, 4) is 28.3 Å². The monoisotopic (exact) mass is 328 g/mol. The molecule has 0 aliphatic heterocycles. The summed E-state index contributed by atoms with van der Waals surface area (Å²) in [5.74, 6) is 1.61. The quantitative estimate of drug-likeness (QED) is 0.592. The number of pyridine rings is 1. The molecule has 4 rings (SSSR count). The van der Waals surface area contributed by atoms with Crippen LogP contribution in [0.3, 0.4) is 0 Å². The molecule has 0 atom stereocenters. The van der Waals surface area contributed by atoms with E-state index in [0.717, 1.165) is 33.4 Å². The van der Waals surface area contributed by atoms with Gasteiger partial charge < -0.3 is 10.4 Å². The molecule has 0 saturated heterocycles. The van der Waals surface area contributed by atoms with E-state index in [0.29, 0.717) is 5.82 Å². The fourth-order valence-electron chi connectivity index (χ4n) is 2.83. The number of benzene rings is 2. The number of anilines is 1. The number of rotatable bonds is 3. The van der Waals surface area contributed by atoms with Gasteiger partial charge in [-0.2, -0.15) is 0 Å². The summed E-state index contributed by atoms with van der Waals surface area (Å²) in [6.45, 7) is 0. The molecule has 5 heteroatoms. The number of aromatic hydroxyl groups is 1. The number of nitrogens with one attached hydrogen (secondary N) is 1. The summed E-state index contributed by atoms with van der Waals surface area (Å²) < 4.78 is 0. The molecule has 0 bridgehead atoms. The lowest BCUT2D eigenvalue weighted by Gasteiger charge is -2.10. The molecule has 25 heavy (non-hydrogen) atoms. The van der Waals surface area contributed by atoms with Crippen LogP contribution < -0.4 is 5.32 Å². The van der Waals surface area contributed by atoms with E-state index in [9.17, 15) is 5.11 Å². The largest absolute Gasteiger partial charge is 0.507 e. The molecule has 0 aliphatic rings. The zero-order valence-corrected chi connectivity index (χ0v) is 13.6. The van der Waals surface area contributed by atoms with E-state index in [1.807, 2.05) is 55.6 Å². The van der Waals surface area contributed by atoms with Crippen molar-refractivity contribution < 1.29 is 5.11 Å². The molecule has 0 aliphatic carbocycles. The summed E-state index contributed by atoms with van der Waals surface area (Å²) in [4.78, 5) is 13.4. The molecule has 2 heterocycles. The number of hydrogen-bond acceptors (Lipinski definition) is 5. The summed E-state index contributed by atoms with van der Waals surface area (Å²) in [6.07, 6.45) is 3.47. The predicted octanol–water partition coefficient (Wildman–Crippen LogP) is 4.11. The van der Waals surface area contributed by atoms with Gasteiger partial charge in [-0.3, -0.25) is 4.98 Å². The molecule has 0 amide bonds. The molecular weight excluding hydrogens is 312 g/mol. The third-order valence-electron chi connectivity index (χ3n) is 4.07. The second kappa shape index (κ2) is 6.20. The standard InChI is InChI=1S/C20H16N4O/c1-21-20-16-11-13(15-6-2-3-7-18(15)25)8-9-17(16)23-19(24-20)14-5-4-10-22-12-14/h2-12,25H,1H3,(H,21,23,24). The zero-order chi connectivity index (χ0) is 17.2. The fourth-order valence-corrected chi connectivity index (χ4v) is 2.83. The smallest absolute Gasteiger partial charge is 0.163 e. The first-order chi connectivity index (χ1) is 12.3. The second-order valence-corrected chi connectivity index (χ2v) is 5.64. The Morgan fingerprint density at radius 1 is 0.920 bits per heavy atom. The van der Waals surface area contributed by atoms with E-state index < -0.39 is 0 Å². The Kier molecular flexibility index (Phi) is 3.74. The van der Waals surface area contributed by atoms with Crippen LogP contribution in [-0.2, 0) is 0 Å². The highest BCUT2D eigenvalue weighted by Gasteiger charge is 2.11. The zero-order valence-electron chi connectivity index (χ0n) is 13.6. The van der Waals surface area contributed by atoms with Crippen LogP contribution in [0.1, 0.15) is 0 Å². The van der Waals surface area contributed by atoms with Crippen molar-refractivity contribution in [1.29, 1.82) is 0 Å². The van der Waals surface area contributed by atoms with Crippen LogP contribution in [0.5, 0.6) is 5.75 Å². The Labute approximate surface area is 145 Å². The normalized spacial score (nSPS) is 10.8. The number of hydrogen-bond donors (Lipinski definition) is 2. The summed E-state index contributed by atoms with van der Waals surface area (Å²) in [7, 11) is 1.83. The summed E-state index contributed by atoms with van der Waals surface area (Å²) in [5.41, 5.74) is 3.39. The van der Waals surface area contributed by atoms with Gasteiger partial charge in [0.1, 0.15) is 11.6 Å². The van der Waals surface area contributed by atoms with Gasteiger partial charge >= 0.3 is 0 Å². The van der Waals surface area contributed by atoms with E-state index in [2.05, 4.69) is 20.3 Å². The van der Waals surface area contributed by atoms with Crippen molar-refractivity contribution in [2.45, 2.75) is 0 Å². The van der Waals surface area contributed by atoms with Gasteiger partial charge in [-0.15, -0.1) is 0 Å². The van der Waals surface area contributed by atoms with Crippen LogP contribution in [0.15, 0.2) is 67.0 Å². The molecule has 0 spiro atoms. The first-order valence-electron chi connectivity index (χ1n) is 7.94. The van der Waals surface area contributed by atoms with Crippen LogP contribution >= 0.6 is 0 Å². The number of para-hydroxylation sites is 1. The average Bonchev–Trinajstić information content (AvgIpc) is 2.68. The molecule has 0 unspecified atom stereocenters. The Balaban J connectivity index is 1.90. The first kappa shape index (κ1) is 15.1. The number of fused-ring (bicyclic) bond motifs is 1. The lowest BCUT2D eigenvalue weighted by atomic mass is 10.0. The minimum atomic E-state index is 0.251. The maximum absolute atomic E-state index is 10.1. The Bertz CT molecular complexity index is 1050. The molecule has 122 valence electrons. The van der Waals surface area contributed by atoms with Crippen molar-refractivity contribution >= 4 is 16.7 Å². The van der Waals surface area contributed by atoms with Crippen LogP contribution in [0, 0.1) is 0 Å². The van der Waals surface area contributed by atoms with Gasteiger partial charge in [0.25, 0.3) is 0 Å². The van der Waals surface area contributed by atoms with Gasteiger partial charge in [0.05, 0.1) is 5.52 Å². The highest BCUT2D eigenvalue weighted by Crippen LogP contribution is 2.33. The van der Waals surface area contributed by atoms with Crippen LogP contribution in [0.2, 0.25) is 0 Å². The molecule has 0 fully saturated rings. The minimum absolute atomic E-state index is 0.251. The van der Waals surface area contributed by atoms with E-state index in [1.54, 1.807) is 18.5 Å². The minimum Gasteiger partial charge on any atom is -0.507 e. The number of phenols is 1. The molecular formula is C20H16N4O. The van der Waals surface area contributed by atoms with E-state index >= 15 is 0 Å². The van der Waals surface area contributed by atoms with Crippen molar-refractivity contribution in [1.82, 2.24) is 15.0 Å². The van der Waals surface area contributed by atoms with Gasteiger partial charge in [-0.05, 0) is 35.9 Å². The second-order valence-electron chi connectivity index (χ2n) is 5.64. The molecule has 4 aromatic rings. The topological polar surface area (TPSA) is 70.9 Å². The van der Waals surface area contributed by atoms with Gasteiger partial charge in [-0.1, -0.05) is 24.3 Å². The van der Waals surface area contributed by atoms with Crippen LogP contribution in [0.25, 0.3) is 33.4 Å².